The number of aryl methyl sites for hydroxylation is 1. The average molecular weight is 262 g/mol. The van der Waals surface area contributed by atoms with Crippen LogP contribution in [0.2, 0.25) is 0 Å². The summed E-state index contributed by atoms with van der Waals surface area (Å²) in [7, 11) is 1.92. The molecule has 2 rings (SSSR count). The maximum atomic E-state index is 4.02. The maximum absolute atomic E-state index is 4.02. The summed E-state index contributed by atoms with van der Waals surface area (Å²) in [5.41, 5.74) is 2.36. The summed E-state index contributed by atoms with van der Waals surface area (Å²) in [4.78, 5) is 1.28. The highest BCUT2D eigenvalue weighted by Crippen LogP contribution is 2.29. The molecule has 96 valence electrons. The van der Waals surface area contributed by atoms with Gasteiger partial charge >= 0.3 is 0 Å². The monoisotopic (exact) mass is 262 g/mol. The van der Waals surface area contributed by atoms with Crippen molar-refractivity contribution < 1.29 is 0 Å². The summed E-state index contributed by atoms with van der Waals surface area (Å²) >= 11 is 1.76. The molecule has 1 N–H and O–H groups in total. The molecule has 1 atom stereocenters. The highest BCUT2D eigenvalue weighted by atomic mass is 32.2. The molecule has 1 aromatic heterocycles. The minimum Gasteiger partial charge on any atom is -0.305 e. The lowest BCUT2D eigenvalue weighted by Gasteiger charge is -2.20. The van der Waals surface area contributed by atoms with Crippen molar-refractivity contribution in [3.05, 3.63) is 41.7 Å². The predicted octanol–water partition coefficient (Wildman–Crippen LogP) is 2.24. The Bertz CT molecular complexity index is 509. The number of benzene rings is 1. The Kier molecular flexibility index (Phi) is 4.38. The lowest BCUT2D eigenvalue weighted by molar-refractivity contribution is 0.562. The molecule has 2 aromatic rings. The van der Waals surface area contributed by atoms with E-state index in [1.807, 2.05) is 17.9 Å². The third kappa shape index (κ3) is 2.57. The molecule has 1 unspecified atom stereocenters. The molecule has 0 aliphatic rings. The van der Waals surface area contributed by atoms with E-state index in [2.05, 4.69) is 53.1 Å². The Hall–Kier alpha value is -1.33. The van der Waals surface area contributed by atoms with E-state index < -0.39 is 0 Å². The van der Waals surface area contributed by atoms with E-state index in [4.69, 9.17) is 0 Å². The lowest BCUT2D eigenvalue weighted by atomic mass is 10.0. The number of nitrogens with one attached hydrogen (secondary N) is 1. The third-order valence-electron chi connectivity index (χ3n) is 2.90. The van der Waals surface area contributed by atoms with Crippen LogP contribution < -0.4 is 5.32 Å². The van der Waals surface area contributed by atoms with Gasteiger partial charge in [0.1, 0.15) is 0 Å². The SMILES string of the molecule is CCNC(c1ccccc1SC)c1cnnn1C. The molecule has 5 heteroatoms. The first kappa shape index (κ1) is 13.1. The number of nitrogens with zero attached hydrogens (tertiary/aromatic N) is 3. The van der Waals surface area contributed by atoms with Crippen molar-refractivity contribution in [2.45, 2.75) is 17.9 Å². The van der Waals surface area contributed by atoms with Crippen LogP contribution in [0.3, 0.4) is 0 Å². The van der Waals surface area contributed by atoms with Crippen LogP contribution in [0.1, 0.15) is 24.2 Å². The van der Waals surface area contributed by atoms with E-state index in [-0.39, 0.29) is 6.04 Å². The second-order valence-electron chi connectivity index (χ2n) is 4.02. The summed E-state index contributed by atoms with van der Waals surface area (Å²) in [5, 5.41) is 11.5. The maximum Gasteiger partial charge on any atom is 0.0799 e. The predicted molar refractivity (Wildman–Crippen MR) is 74.7 cm³/mol. The zero-order chi connectivity index (χ0) is 13.0. The Morgan fingerprint density at radius 1 is 1.39 bits per heavy atom. The van der Waals surface area contributed by atoms with Crippen molar-refractivity contribution in [1.29, 1.82) is 0 Å². The molecular formula is C13H18N4S. The Morgan fingerprint density at radius 3 is 2.78 bits per heavy atom. The van der Waals surface area contributed by atoms with Gasteiger partial charge < -0.3 is 5.32 Å². The molecular weight excluding hydrogens is 244 g/mol. The fourth-order valence-electron chi connectivity index (χ4n) is 2.04. The van der Waals surface area contributed by atoms with E-state index in [0.717, 1.165) is 12.2 Å². The first-order valence-electron chi connectivity index (χ1n) is 5.98. The van der Waals surface area contributed by atoms with E-state index in [9.17, 15) is 0 Å². The molecule has 0 bridgehead atoms. The normalized spacial score (nSPS) is 12.6. The molecule has 0 spiro atoms. The van der Waals surface area contributed by atoms with Crippen LogP contribution in [0.15, 0.2) is 35.4 Å². The Morgan fingerprint density at radius 2 is 2.17 bits per heavy atom. The summed E-state index contributed by atoms with van der Waals surface area (Å²) in [6.07, 6.45) is 3.92. The van der Waals surface area contributed by atoms with Crippen LogP contribution >= 0.6 is 11.8 Å². The first-order chi connectivity index (χ1) is 8.77. The second kappa shape index (κ2) is 6.02. The molecule has 0 saturated heterocycles. The van der Waals surface area contributed by atoms with Crippen LogP contribution in [0, 0.1) is 0 Å². The summed E-state index contributed by atoms with van der Waals surface area (Å²) in [5.74, 6) is 0. The first-order valence-corrected chi connectivity index (χ1v) is 7.21. The van der Waals surface area contributed by atoms with E-state index in [1.54, 1.807) is 11.8 Å². The molecule has 0 aliphatic carbocycles. The summed E-state index contributed by atoms with van der Waals surface area (Å²) in [6, 6.07) is 8.59. The van der Waals surface area contributed by atoms with Gasteiger partial charge in [0, 0.05) is 11.9 Å². The van der Waals surface area contributed by atoms with Gasteiger partial charge in [-0.2, -0.15) is 0 Å². The van der Waals surface area contributed by atoms with Crippen molar-refractivity contribution in [3.63, 3.8) is 0 Å². The molecule has 0 aliphatic heterocycles. The number of hydrogen-bond donors (Lipinski definition) is 1. The zero-order valence-corrected chi connectivity index (χ0v) is 11.7. The lowest BCUT2D eigenvalue weighted by Crippen LogP contribution is -2.24. The topological polar surface area (TPSA) is 42.7 Å². The quantitative estimate of drug-likeness (QED) is 0.839. The molecule has 18 heavy (non-hydrogen) atoms. The van der Waals surface area contributed by atoms with Crippen molar-refractivity contribution in [2.24, 2.45) is 7.05 Å². The zero-order valence-electron chi connectivity index (χ0n) is 10.9. The minimum atomic E-state index is 0.138. The number of rotatable bonds is 5. The van der Waals surface area contributed by atoms with Crippen LogP contribution in [-0.4, -0.2) is 27.8 Å². The van der Waals surface area contributed by atoms with Gasteiger partial charge in [-0.15, -0.1) is 16.9 Å². The van der Waals surface area contributed by atoms with E-state index >= 15 is 0 Å². The van der Waals surface area contributed by atoms with Gasteiger partial charge in [-0.1, -0.05) is 30.3 Å². The van der Waals surface area contributed by atoms with Gasteiger partial charge in [-0.3, -0.25) is 4.68 Å². The van der Waals surface area contributed by atoms with Crippen molar-refractivity contribution in [2.75, 3.05) is 12.8 Å². The van der Waals surface area contributed by atoms with E-state index in [1.165, 1.54) is 10.5 Å². The van der Waals surface area contributed by atoms with Gasteiger partial charge in [0.05, 0.1) is 17.9 Å². The van der Waals surface area contributed by atoms with Gasteiger partial charge in [-0.05, 0) is 24.4 Å². The Balaban J connectivity index is 2.45. The number of hydrogen-bond acceptors (Lipinski definition) is 4. The minimum absolute atomic E-state index is 0.138. The fourth-order valence-corrected chi connectivity index (χ4v) is 2.68. The largest absolute Gasteiger partial charge is 0.305 e. The van der Waals surface area contributed by atoms with Crippen LogP contribution in [0.4, 0.5) is 0 Å². The summed E-state index contributed by atoms with van der Waals surface area (Å²) < 4.78 is 1.82. The van der Waals surface area contributed by atoms with Gasteiger partial charge in [0.25, 0.3) is 0 Å². The van der Waals surface area contributed by atoms with Crippen molar-refractivity contribution >= 4 is 11.8 Å². The third-order valence-corrected chi connectivity index (χ3v) is 3.72. The fraction of sp³-hybridized carbons (Fsp3) is 0.385. The van der Waals surface area contributed by atoms with Crippen molar-refractivity contribution in [1.82, 2.24) is 20.3 Å². The molecule has 1 heterocycles. The van der Waals surface area contributed by atoms with Crippen LogP contribution in [0.5, 0.6) is 0 Å². The van der Waals surface area contributed by atoms with Gasteiger partial charge in [-0.25, -0.2) is 0 Å². The summed E-state index contributed by atoms with van der Waals surface area (Å²) in [6.45, 7) is 3.01. The molecule has 0 saturated carbocycles. The molecule has 0 radical (unpaired) electrons. The van der Waals surface area contributed by atoms with Crippen LogP contribution in [0.25, 0.3) is 0 Å². The average Bonchev–Trinajstić information content (AvgIpc) is 2.82. The van der Waals surface area contributed by atoms with E-state index in [0.29, 0.717) is 0 Å². The standard InChI is InChI=1S/C13H18N4S/c1-4-14-13(11-9-15-16-17(11)2)10-7-5-6-8-12(10)18-3/h5-9,13-14H,4H2,1-3H3. The Labute approximate surface area is 112 Å². The van der Waals surface area contributed by atoms with Crippen LogP contribution in [-0.2, 0) is 7.05 Å². The molecule has 1 aromatic carbocycles. The molecule has 0 amide bonds. The second-order valence-corrected chi connectivity index (χ2v) is 4.86. The number of thioether (sulfide) groups is 1. The van der Waals surface area contributed by atoms with Crippen molar-refractivity contribution in [3.8, 4) is 0 Å². The van der Waals surface area contributed by atoms with Gasteiger partial charge in [0.15, 0.2) is 0 Å². The number of aromatic nitrogens is 3. The highest BCUT2D eigenvalue weighted by molar-refractivity contribution is 7.98. The molecule has 4 nitrogen and oxygen atoms in total. The van der Waals surface area contributed by atoms with Gasteiger partial charge in [0.2, 0.25) is 0 Å². The molecule has 0 fully saturated rings. The smallest absolute Gasteiger partial charge is 0.0799 e. The highest BCUT2D eigenvalue weighted by Gasteiger charge is 2.19.